The highest BCUT2D eigenvalue weighted by Crippen LogP contribution is 2.32. The lowest BCUT2D eigenvalue weighted by atomic mass is 10.1. The monoisotopic (exact) mass is 290 g/mol. The minimum Gasteiger partial charge on any atom is -0.244 e. The van der Waals surface area contributed by atoms with Gasteiger partial charge in [0.1, 0.15) is 11.2 Å². The summed E-state index contributed by atoms with van der Waals surface area (Å²) < 4.78 is 1.09. The quantitative estimate of drug-likeness (QED) is 0.674. The molecule has 2 nitrogen and oxygen atoms in total. The Kier molecular flexibility index (Phi) is 2.46. The molecule has 0 saturated carbocycles. The fourth-order valence-electron chi connectivity index (χ4n) is 1.63. The largest absolute Gasteiger partial charge is 0.244 e. The Morgan fingerprint density at radius 1 is 1.12 bits per heavy atom. The van der Waals surface area contributed by atoms with E-state index >= 15 is 0 Å². The van der Waals surface area contributed by atoms with E-state index in [-0.39, 0.29) is 0 Å². The predicted molar refractivity (Wildman–Crippen MR) is 70.6 cm³/mol. The smallest absolute Gasteiger partial charge is 0.127 e. The molecule has 4 heteroatoms. The van der Waals surface area contributed by atoms with E-state index in [1.807, 2.05) is 18.3 Å². The fraction of sp³-hybridized carbons (Fsp3) is 0. The van der Waals surface area contributed by atoms with Crippen molar-refractivity contribution < 1.29 is 0 Å². The van der Waals surface area contributed by atoms with Crippen LogP contribution in [-0.4, -0.2) is 9.97 Å². The summed E-state index contributed by atoms with van der Waals surface area (Å²) in [4.78, 5) is 9.35. The van der Waals surface area contributed by atoms with Crippen LogP contribution in [0.25, 0.3) is 21.3 Å². The van der Waals surface area contributed by atoms with Crippen LogP contribution in [0.3, 0.4) is 0 Å². The van der Waals surface area contributed by atoms with E-state index in [4.69, 9.17) is 0 Å². The first-order valence-electron chi connectivity index (χ1n) is 4.78. The Balaban J connectivity index is 2.22. The van der Waals surface area contributed by atoms with Gasteiger partial charge in [-0.2, -0.15) is 0 Å². The van der Waals surface area contributed by atoms with E-state index in [1.165, 1.54) is 11.1 Å². The summed E-state index contributed by atoms with van der Waals surface area (Å²) >= 11 is 5.09. The molecule has 0 N–H and O–H groups in total. The van der Waals surface area contributed by atoms with E-state index in [0.717, 1.165) is 14.7 Å². The minimum absolute atomic E-state index is 1.04. The van der Waals surface area contributed by atoms with Crippen LogP contribution >= 0.6 is 27.3 Å². The zero-order chi connectivity index (χ0) is 11.0. The van der Waals surface area contributed by atoms with Gasteiger partial charge in [-0.25, -0.2) is 9.97 Å². The van der Waals surface area contributed by atoms with Crippen LogP contribution in [0, 0.1) is 0 Å². The average molecular weight is 291 g/mol. The molecule has 2 heterocycles. The van der Waals surface area contributed by atoms with E-state index in [2.05, 4.69) is 43.4 Å². The Bertz CT molecular complexity index is 631. The van der Waals surface area contributed by atoms with E-state index in [9.17, 15) is 0 Å². The molecule has 0 aliphatic carbocycles. The number of hydrogen-bond donors (Lipinski definition) is 0. The van der Waals surface area contributed by atoms with E-state index < -0.39 is 0 Å². The van der Waals surface area contributed by atoms with Gasteiger partial charge in [0.2, 0.25) is 0 Å². The highest BCUT2D eigenvalue weighted by atomic mass is 79.9. The molecule has 2 aromatic heterocycles. The second-order valence-corrected chi connectivity index (χ2v) is 5.17. The third kappa shape index (κ3) is 1.64. The average Bonchev–Trinajstić information content (AvgIpc) is 2.74. The number of benzene rings is 1. The second-order valence-electron chi connectivity index (χ2n) is 3.40. The predicted octanol–water partition coefficient (Wildman–Crippen LogP) is 4.12. The molecule has 0 fully saturated rings. The van der Waals surface area contributed by atoms with Crippen molar-refractivity contribution in [1.82, 2.24) is 9.97 Å². The summed E-state index contributed by atoms with van der Waals surface area (Å²) in [5, 5.41) is 3.25. The van der Waals surface area contributed by atoms with Gasteiger partial charge in [-0.05, 0) is 17.7 Å². The van der Waals surface area contributed by atoms with Crippen molar-refractivity contribution in [2.75, 3.05) is 0 Å². The second kappa shape index (κ2) is 3.96. The molecule has 0 aliphatic rings. The van der Waals surface area contributed by atoms with Gasteiger partial charge in [0.05, 0.1) is 0 Å². The Morgan fingerprint density at radius 3 is 2.75 bits per heavy atom. The summed E-state index contributed by atoms with van der Waals surface area (Å²) in [7, 11) is 0. The summed E-state index contributed by atoms with van der Waals surface area (Å²) in [5.41, 5.74) is 2.40. The maximum atomic E-state index is 4.24. The lowest BCUT2D eigenvalue weighted by Gasteiger charge is -1.99. The molecule has 3 aromatic rings. The molecule has 0 aliphatic heterocycles. The number of hydrogen-bond acceptors (Lipinski definition) is 3. The highest BCUT2D eigenvalue weighted by Gasteiger charge is 2.06. The maximum Gasteiger partial charge on any atom is 0.127 e. The van der Waals surface area contributed by atoms with Gasteiger partial charge in [-0.3, -0.25) is 0 Å². The zero-order valence-corrected chi connectivity index (χ0v) is 10.6. The molecule has 0 bridgehead atoms. The third-order valence-corrected chi connectivity index (χ3v) is 3.84. The van der Waals surface area contributed by atoms with Gasteiger partial charge in [-0.15, -0.1) is 11.3 Å². The summed E-state index contributed by atoms with van der Waals surface area (Å²) in [6.07, 6.45) is 3.46. The molecule has 0 saturated heterocycles. The number of rotatable bonds is 1. The lowest BCUT2D eigenvalue weighted by Crippen LogP contribution is -1.78. The molecular formula is C12H7BrN2S. The Labute approximate surface area is 105 Å². The van der Waals surface area contributed by atoms with Crippen molar-refractivity contribution in [2.45, 2.75) is 0 Å². The lowest BCUT2D eigenvalue weighted by molar-refractivity contribution is 1.23. The van der Waals surface area contributed by atoms with Gasteiger partial charge in [-0.1, -0.05) is 28.1 Å². The molecule has 0 unspecified atom stereocenters. The zero-order valence-electron chi connectivity index (χ0n) is 8.22. The molecule has 0 atom stereocenters. The number of halogens is 1. The molecular weight excluding hydrogens is 284 g/mol. The van der Waals surface area contributed by atoms with E-state index in [0.29, 0.717) is 0 Å². The first-order chi connectivity index (χ1) is 7.84. The van der Waals surface area contributed by atoms with Crippen LogP contribution in [0.2, 0.25) is 0 Å². The first-order valence-corrected chi connectivity index (χ1v) is 6.45. The van der Waals surface area contributed by atoms with Crippen LogP contribution in [0.15, 0.2) is 46.6 Å². The van der Waals surface area contributed by atoms with Crippen LogP contribution < -0.4 is 0 Å². The molecule has 78 valence electrons. The summed E-state index contributed by atoms with van der Waals surface area (Å²) in [6, 6.07) is 8.28. The van der Waals surface area contributed by atoms with Crippen molar-refractivity contribution in [3.05, 3.63) is 46.6 Å². The van der Waals surface area contributed by atoms with Gasteiger partial charge in [0, 0.05) is 27.0 Å². The van der Waals surface area contributed by atoms with Crippen LogP contribution in [0.4, 0.5) is 0 Å². The highest BCUT2D eigenvalue weighted by molar-refractivity contribution is 9.10. The first kappa shape index (κ1) is 9.93. The maximum absolute atomic E-state index is 4.24. The number of nitrogens with zero attached hydrogens (tertiary/aromatic N) is 2. The molecule has 1 aromatic carbocycles. The topological polar surface area (TPSA) is 25.8 Å². The fourth-order valence-corrected chi connectivity index (χ4v) is 2.78. The van der Waals surface area contributed by atoms with Crippen LogP contribution in [0.1, 0.15) is 0 Å². The van der Waals surface area contributed by atoms with E-state index in [1.54, 1.807) is 17.7 Å². The van der Waals surface area contributed by atoms with Crippen molar-refractivity contribution in [3.63, 3.8) is 0 Å². The van der Waals surface area contributed by atoms with Crippen molar-refractivity contribution in [2.24, 2.45) is 0 Å². The van der Waals surface area contributed by atoms with Gasteiger partial charge in [0.15, 0.2) is 0 Å². The van der Waals surface area contributed by atoms with Gasteiger partial charge in [0.25, 0.3) is 0 Å². The molecule has 0 amide bonds. The van der Waals surface area contributed by atoms with Crippen molar-refractivity contribution >= 4 is 37.5 Å². The number of thiophene rings is 1. The normalized spacial score (nSPS) is 10.8. The van der Waals surface area contributed by atoms with Crippen LogP contribution in [0.5, 0.6) is 0 Å². The van der Waals surface area contributed by atoms with Crippen LogP contribution in [-0.2, 0) is 0 Å². The Morgan fingerprint density at radius 2 is 1.94 bits per heavy atom. The van der Waals surface area contributed by atoms with Crippen molar-refractivity contribution in [1.29, 1.82) is 0 Å². The minimum atomic E-state index is 1.04. The third-order valence-electron chi connectivity index (χ3n) is 2.41. The standard InChI is InChI=1S/C12H7BrN2S/c13-9-3-1-8(2-4-9)11-6-16-12-10(11)5-14-7-15-12/h1-7H. The molecule has 16 heavy (non-hydrogen) atoms. The van der Waals surface area contributed by atoms with Gasteiger partial charge >= 0.3 is 0 Å². The molecule has 0 radical (unpaired) electrons. The summed E-state index contributed by atoms with van der Waals surface area (Å²) in [6.45, 7) is 0. The van der Waals surface area contributed by atoms with Crippen molar-refractivity contribution in [3.8, 4) is 11.1 Å². The Hall–Kier alpha value is -1.26. The molecule has 0 spiro atoms. The number of fused-ring (bicyclic) bond motifs is 1. The van der Waals surface area contributed by atoms with Gasteiger partial charge < -0.3 is 0 Å². The summed E-state index contributed by atoms with van der Waals surface area (Å²) in [5.74, 6) is 0. The molecule has 3 rings (SSSR count). The number of aromatic nitrogens is 2. The SMILES string of the molecule is Brc1ccc(-c2csc3ncncc23)cc1.